The Morgan fingerprint density at radius 3 is 2.26 bits per heavy atom. The lowest BCUT2D eigenvalue weighted by Crippen LogP contribution is -2.37. The molecule has 0 atom stereocenters. The first-order valence-electron chi connectivity index (χ1n) is 7.04. The summed E-state index contributed by atoms with van der Waals surface area (Å²) in [6.07, 6.45) is 0. The first kappa shape index (κ1) is 18.3. The second-order valence-corrected chi connectivity index (χ2v) is 4.28. The number of rotatable bonds is 9. The third kappa shape index (κ3) is 7.16. The number of benzene rings is 1. The first-order valence-corrected chi connectivity index (χ1v) is 7.04. The zero-order valence-electron chi connectivity index (χ0n) is 13.1. The fourth-order valence-electron chi connectivity index (χ4n) is 1.49. The van der Waals surface area contributed by atoms with E-state index in [0.717, 1.165) is 0 Å². The van der Waals surface area contributed by atoms with Crippen LogP contribution in [0.2, 0.25) is 0 Å². The van der Waals surface area contributed by atoms with Gasteiger partial charge in [0.25, 0.3) is 5.91 Å². The van der Waals surface area contributed by atoms with E-state index < -0.39 is 18.5 Å². The number of carbonyl (C=O) groups is 3. The Labute approximate surface area is 134 Å². The van der Waals surface area contributed by atoms with Gasteiger partial charge in [0.1, 0.15) is 0 Å². The molecule has 0 aliphatic carbocycles. The molecule has 0 aromatic heterocycles. The average Bonchev–Trinajstić information content (AvgIpc) is 2.57. The average molecular weight is 324 g/mol. The van der Waals surface area contributed by atoms with Crippen molar-refractivity contribution in [1.82, 2.24) is 10.6 Å². The van der Waals surface area contributed by atoms with Crippen molar-refractivity contribution < 1.29 is 28.6 Å². The molecule has 0 aliphatic rings. The predicted octanol–water partition coefficient (Wildman–Crippen LogP) is -0.130. The highest BCUT2D eigenvalue weighted by Crippen LogP contribution is 2.26. The zero-order valence-corrected chi connectivity index (χ0v) is 13.1. The third-order valence-corrected chi connectivity index (χ3v) is 2.58. The minimum atomic E-state index is -0.702. The quantitative estimate of drug-likeness (QED) is 0.613. The molecule has 23 heavy (non-hydrogen) atoms. The smallest absolute Gasteiger partial charge is 0.344 e. The lowest BCUT2D eigenvalue weighted by molar-refractivity contribution is -0.150. The largest absolute Gasteiger partial charge is 0.490 e. The van der Waals surface area contributed by atoms with Gasteiger partial charge in [-0.05, 0) is 19.1 Å². The standard InChI is InChI=1S/C15H20N2O6/c1-3-21-11-6-4-5-7-12(11)22-10-15(20)23-9-14(19)17-8-13(18)16-2/h4-7H,3,8-10H2,1-2H3,(H,16,18)(H,17,19). The van der Waals surface area contributed by atoms with Crippen molar-refractivity contribution in [2.75, 3.05) is 33.4 Å². The Morgan fingerprint density at radius 1 is 1.00 bits per heavy atom. The molecule has 0 fully saturated rings. The molecule has 1 rings (SSSR count). The fraction of sp³-hybridized carbons (Fsp3) is 0.400. The molecular weight excluding hydrogens is 304 g/mol. The molecule has 0 saturated carbocycles. The van der Waals surface area contributed by atoms with Gasteiger partial charge in [-0.15, -0.1) is 0 Å². The second-order valence-electron chi connectivity index (χ2n) is 4.28. The van der Waals surface area contributed by atoms with E-state index >= 15 is 0 Å². The molecule has 0 unspecified atom stereocenters. The lowest BCUT2D eigenvalue weighted by Gasteiger charge is -2.11. The van der Waals surface area contributed by atoms with Gasteiger partial charge in [-0.2, -0.15) is 0 Å². The van der Waals surface area contributed by atoms with Gasteiger partial charge in [-0.25, -0.2) is 4.79 Å². The van der Waals surface area contributed by atoms with Gasteiger partial charge in [0.05, 0.1) is 13.2 Å². The van der Waals surface area contributed by atoms with Crippen LogP contribution in [0.1, 0.15) is 6.92 Å². The first-order chi connectivity index (χ1) is 11.1. The molecule has 8 heteroatoms. The number of ether oxygens (including phenoxy) is 3. The van der Waals surface area contributed by atoms with Crippen LogP contribution in [0, 0.1) is 0 Å². The van der Waals surface area contributed by atoms with Crippen LogP contribution < -0.4 is 20.1 Å². The number of para-hydroxylation sites is 2. The Morgan fingerprint density at radius 2 is 1.65 bits per heavy atom. The summed E-state index contributed by atoms with van der Waals surface area (Å²) in [6.45, 7) is 1.29. The molecule has 0 spiro atoms. The van der Waals surface area contributed by atoms with Gasteiger partial charge in [0.15, 0.2) is 24.7 Å². The highest BCUT2D eigenvalue weighted by atomic mass is 16.6. The number of hydrogen-bond acceptors (Lipinski definition) is 6. The topological polar surface area (TPSA) is 103 Å². The van der Waals surface area contributed by atoms with E-state index in [1.807, 2.05) is 6.92 Å². The number of likely N-dealkylation sites (N-methyl/N-ethyl adjacent to an activating group) is 1. The Bertz CT molecular complexity index is 547. The molecular formula is C15H20N2O6. The van der Waals surface area contributed by atoms with Crippen LogP contribution in [0.3, 0.4) is 0 Å². The van der Waals surface area contributed by atoms with Gasteiger partial charge >= 0.3 is 5.97 Å². The van der Waals surface area contributed by atoms with Crippen LogP contribution in [0.5, 0.6) is 11.5 Å². The number of carbonyl (C=O) groups excluding carboxylic acids is 3. The Hall–Kier alpha value is -2.77. The summed E-state index contributed by atoms with van der Waals surface area (Å²) in [5.74, 6) is -0.690. The zero-order chi connectivity index (χ0) is 17.1. The SMILES string of the molecule is CCOc1ccccc1OCC(=O)OCC(=O)NCC(=O)NC. The fourth-order valence-corrected chi connectivity index (χ4v) is 1.49. The molecule has 0 aliphatic heterocycles. The summed E-state index contributed by atoms with van der Waals surface area (Å²) >= 11 is 0. The van der Waals surface area contributed by atoms with E-state index in [4.69, 9.17) is 14.2 Å². The summed E-state index contributed by atoms with van der Waals surface area (Å²) in [4.78, 5) is 33.8. The molecule has 1 aromatic carbocycles. The maximum absolute atomic E-state index is 11.5. The van der Waals surface area contributed by atoms with Crippen molar-refractivity contribution in [2.45, 2.75) is 6.92 Å². The molecule has 0 radical (unpaired) electrons. The summed E-state index contributed by atoms with van der Waals surface area (Å²) in [5, 5.41) is 4.65. The third-order valence-electron chi connectivity index (χ3n) is 2.58. The number of hydrogen-bond donors (Lipinski definition) is 2. The van der Waals surface area contributed by atoms with Crippen LogP contribution in [0.4, 0.5) is 0 Å². The summed E-state index contributed by atoms with van der Waals surface area (Å²) in [7, 11) is 1.45. The monoisotopic (exact) mass is 324 g/mol. The van der Waals surface area contributed by atoms with Crippen molar-refractivity contribution in [3.05, 3.63) is 24.3 Å². The van der Waals surface area contributed by atoms with Crippen molar-refractivity contribution >= 4 is 17.8 Å². The molecule has 8 nitrogen and oxygen atoms in total. The molecule has 2 N–H and O–H groups in total. The van der Waals surface area contributed by atoms with Gasteiger partial charge in [-0.1, -0.05) is 12.1 Å². The van der Waals surface area contributed by atoms with E-state index in [9.17, 15) is 14.4 Å². The Kier molecular flexibility index (Phi) is 7.98. The van der Waals surface area contributed by atoms with Crippen molar-refractivity contribution in [3.63, 3.8) is 0 Å². The molecule has 2 amide bonds. The van der Waals surface area contributed by atoms with E-state index in [1.54, 1.807) is 24.3 Å². The molecule has 0 heterocycles. The summed E-state index contributed by atoms with van der Waals surface area (Å²) in [5.41, 5.74) is 0. The van der Waals surface area contributed by atoms with Crippen molar-refractivity contribution in [1.29, 1.82) is 0 Å². The second kappa shape index (κ2) is 10.0. The minimum Gasteiger partial charge on any atom is -0.490 e. The molecule has 0 saturated heterocycles. The van der Waals surface area contributed by atoms with Crippen molar-refractivity contribution in [2.24, 2.45) is 0 Å². The van der Waals surface area contributed by atoms with Crippen molar-refractivity contribution in [3.8, 4) is 11.5 Å². The number of esters is 1. The number of amides is 2. The van der Waals surface area contributed by atoms with E-state index in [-0.39, 0.29) is 19.1 Å². The highest BCUT2D eigenvalue weighted by molar-refractivity contribution is 5.86. The molecule has 126 valence electrons. The number of nitrogens with one attached hydrogen (secondary N) is 2. The minimum absolute atomic E-state index is 0.175. The van der Waals surface area contributed by atoms with Crippen LogP contribution in [0.15, 0.2) is 24.3 Å². The highest BCUT2D eigenvalue weighted by Gasteiger charge is 2.11. The maximum atomic E-state index is 11.5. The normalized spacial score (nSPS) is 9.65. The van der Waals surface area contributed by atoms with Gasteiger partial charge in [0, 0.05) is 7.05 Å². The van der Waals surface area contributed by atoms with Gasteiger partial charge < -0.3 is 24.8 Å². The van der Waals surface area contributed by atoms with Crippen LogP contribution in [-0.4, -0.2) is 51.2 Å². The van der Waals surface area contributed by atoms with Gasteiger partial charge in [0.2, 0.25) is 5.91 Å². The van der Waals surface area contributed by atoms with Crippen LogP contribution >= 0.6 is 0 Å². The van der Waals surface area contributed by atoms with Crippen LogP contribution in [-0.2, 0) is 19.1 Å². The summed E-state index contributed by atoms with van der Waals surface area (Å²) < 4.78 is 15.4. The lowest BCUT2D eigenvalue weighted by atomic mass is 10.3. The Balaban J connectivity index is 2.32. The van der Waals surface area contributed by atoms with Crippen LogP contribution in [0.25, 0.3) is 0 Å². The summed E-state index contributed by atoms with van der Waals surface area (Å²) in [6, 6.07) is 6.91. The van der Waals surface area contributed by atoms with Gasteiger partial charge in [-0.3, -0.25) is 9.59 Å². The molecule has 1 aromatic rings. The maximum Gasteiger partial charge on any atom is 0.344 e. The predicted molar refractivity (Wildman–Crippen MR) is 81.1 cm³/mol. The van der Waals surface area contributed by atoms with E-state index in [0.29, 0.717) is 18.1 Å². The van der Waals surface area contributed by atoms with E-state index in [1.165, 1.54) is 7.05 Å². The van der Waals surface area contributed by atoms with E-state index in [2.05, 4.69) is 10.6 Å². The molecule has 0 bridgehead atoms.